The molecule has 3 aromatic rings. The molecule has 3 aromatic carbocycles. The molecule has 0 saturated carbocycles. The van der Waals surface area contributed by atoms with Gasteiger partial charge in [0, 0.05) is 17.7 Å². The van der Waals surface area contributed by atoms with Crippen molar-refractivity contribution in [3.05, 3.63) is 107 Å². The summed E-state index contributed by atoms with van der Waals surface area (Å²) in [5, 5.41) is 2.96. The van der Waals surface area contributed by atoms with Crippen molar-refractivity contribution in [2.75, 3.05) is 13.1 Å². The van der Waals surface area contributed by atoms with E-state index in [0.717, 1.165) is 16.7 Å². The zero-order valence-electron chi connectivity index (χ0n) is 26.4. The van der Waals surface area contributed by atoms with Gasteiger partial charge in [0.05, 0.1) is 12.6 Å². The largest absolute Gasteiger partial charge is 0.340 e. The number of hydrogen-bond acceptors (Lipinski definition) is 4. The van der Waals surface area contributed by atoms with Gasteiger partial charge in [0.1, 0.15) is 12.1 Å². The molecule has 2 saturated heterocycles. The highest BCUT2D eigenvalue weighted by Gasteiger charge is 2.52. The first-order valence-electron chi connectivity index (χ1n) is 15.6. The lowest BCUT2D eigenvalue weighted by Gasteiger charge is -2.29. The monoisotopic (exact) mass is 593 g/mol. The Morgan fingerprint density at radius 1 is 0.886 bits per heavy atom. The lowest BCUT2D eigenvalue weighted by atomic mass is 9.86. The lowest BCUT2D eigenvalue weighted by molar-refractivity contribution is -0.138. The van der Waals surface area contributed by atoms with Crippen LogP contribution in [0.15, 0.2) is 78.9 Å². The van der Waals surface area contributed by atoms with E-state index < -0.39 is 12.1 Å². The van der Waals surface area contributed by atoms with E-state index in [9.17, 15) is 19.2 Å². The molecule has 1 N–H and O–H groups in total. The van der Waals surface area contributed by atoms with Crippen LogP contribution < -0.4 is 5.32 Å². The van der Waals surface area contributed by atoms with E-state index in [4.69, 9.17) is 0 Å². The normalized spacial score (nSPS) is 18.8. The van der Waals surface area contributed by atoms with Gasteiger partial charge in [0.25, 0.3) is 11.8 Å². The van der Waals surface area contributed by atoms with Crippen molar-refractivity contribution in [2.24, 2.45) is 5.92 Å². The second-order valence-corrected chi connectivity index (χ2v) is 13.5. The molecular weight excluding hydrogens is 550 g/mol. The number of fused-ring (bicyclic) bond motifs is 1. The molecule has 2 aliphatic heterocycles. The number of amides is 3. The molecule has 7 heteroatoms. The van der Waals surface area contributed by atoms with E-state index in [1.165, 1.54) is 0 Å². The molecule has 2 heterocycles. The van der Waals surface area contributed by atoms with Gasteiger partial charge in [0.2, 0.25) is 5.91 Å². The highest BCUT2D eigenvalue weighted by molar-refractivity contribution is 6.04. The summed E-state index contributed by atoms with van der Waals surface area (Å²) in [5.74, 6) is -0.758. The Morgan fingerprint density at radius 2 is 1.55 bits per heavy atom. The minimum atomic E-state index is -0.771. The molecule has 44 heavy (non-hydrogen) atoms. The van der Waals surface area contributed by atoms with E-state index in [0.29, 0.717) is 36.9 Å². The molecule has 230 valence electrons. The second kappa shape index (κ2) is 12.8. The van der Waals surface area contributed by atoms with Gasteiger partial charge in [0.15, 0.2) is 5.78 Å². The molecule has 0 aliphatic carbocycles. The van der Waals surface area contributed by atoms with E-state index in [1.54, 1.807) is 21.9 Å². The summed E-state index contributed by atoms with van der Waals surface area (Å²) in [6, 6.07) is 23.1. The van der Waals surface area contributed by atoms with Crippen LogP contribution in [0.4, 0.5) is 0 Å². The van der Waals surface area contributed by atoms with Crippen LogP contribution >= 0.6 is 0 Å². The fraction of sp³-hybridized carbons (Fsp3) is 0.405. The minimum Gasteiger partial charge on any atom is -0.340 e. The number of nitrogens with one attached hydrogen (secondary N) is 1. The fourth-order valence-corrected chi connectivity index (χ4v) is 6.45. The third-order valence-electron chi connectivity index (χ3n) is 8.78. The molecule has 5 rings (SSSR count). The molecule has 0 spiro atoms. The van der Waals surface area contributed by atoms with Gasteiger partial charge in [-0.25, -0.2) is 0 Å². The number of Topliss-reactive ketones (excluding diaryl/α,β-unsaturated/α-hetero) is 1. The third-order valence-corrected chi connectivity index (χ3v) is 8.78. The Bertz CT molecular complexity index is 1520. The molecule has 0 bridgehead atoms. The first-order chi connectivity index (χ1) is 20.9. The van der Waals surface area contributed by atoms with E-state index in [2.05, 4.69) is 26.1 Å². The summed E-state index contributed by atoms with van der Waals surface area (Å²) in [5.41, 5.74) is 4.15. The fourth-order valence-electron chi connectivity index (χ4n) is 6.45. The summed E-state index contributed by atoms with van der Waals surface area (Å²) in [6.07, 6.45) is 1.58. The number of rotatable bonds is 8. The van der Waals surface area contributed by atoms with E-state index in [1.807, 2.05) is 80.6 Å². The average molecular weight is 594 g/mol. The minimum absolute atomic E-state index is 0.0288. The van der Waals surface area contributed by atoms with Crippen LogP contribution in [0.1, 0.15) is 84.9 Å². The Labute approximate surface area is 260 Å². The van der Waals surface area contributed by atoms with E-state index in [-0.39, 0.29) is 47.4 Å². The molecule has 2 aliphatic rings. The number of likely N-dealkylation sites (tertiary alicyclic amines) is 2. The number of carbonyl (C=O) groups excluding carboxylic acids is 4. The highest BCUT2D eigenvalue weighted by atomic mass is 16.2. The second-order valence-electron chi connectivity index (χ2n) is 13.5. The van der Waals surface area contributed by atoms with Crippen LogP contribution in [0.2, 0.25) is 0 Å². The van der Waals surface area contributed by atoms with Crippen LogP contribution in [-0.2, 0) is 21.4 Å². The topological polar surface area (TPSA) is 86.8 Å². The van der Waals surface area contributed by atoms with Crippen molar-refractivity contribution in [1.82, 2.24) is 15.1 Å². The van der Waals surface area contributed by atoms with Crippen molar-refractivity contribution in [1.29, 1.82) is 0 Å². The number of carbonyl (C=O) groups is 4. The van der Waals surface area contributed by atoms with E-state index >= 15 is 0 Å². The predicted octanol–water partition coefficient (Wildman–Crippen LogP) is 5.41. The van der Waals surface area contributed by atoms with Crippen LogP contribution in [0.3, 0.4) is 0 Å². The maximum absolute atomic E-state index is 14.0. The van der Waals surface area contributed by atoms with Crippen LogP contribution in [0.5, 0.6) is 0 Å². The highest BCUT2D eigenvalue weighted by Crippen LogP contribution is 2.32. The van der Waals surface area contributed by atoms with Gasteiger partial charge in [-0.2, -0.15) is 0 Å². The van der Waals surface area contributed by atoms with Crippen LogP contribution in [0.25, 0.3) is 0 Å². The predicted molar refractivity (Wildman–Crippen MR) is 171 cm³/mol. The number of nitrogens with zero attached hydrogens (tertiary/aromatic N) is 2. The molecular formula is C37H43N3O4. The quantitative estimate of drug-likeness (QED) is 0.378. The molecule has 3 atom stereocenters. The van der Waals surface area contributed by atoms with Crippen molar-refractivity contribution in [2.45, 2.75) is 77.4 Å². The van der Waals surface area contributed by atoms with Crippen LogP contribution in [-0.4, -0.2) is 64.5 Å². The molecule has 1 unspecified atom stereocenters. The van der Waals surface area contributed by atoms with Gasteiger partial charge >= 0.3 is 0 Å². The summed E-state index contributed by atoms with van der Waals surface area (Å²) in [4.78, 5) is 57.8. The van der Waals surface area contributed by atoms with Gasteiger partial charge in [-0.05, 0) is 65.5 Å². The Morgan fingerprint density at radius 3 is 2.20 bits per heavy atom. The Hall–Kier alpha value is -4.26. The van der Waals surface area contributed by atoms with Crippen molar-refractivity contribution in [3.63, 3.8) is 0 Å². The SMILES string of the molecule is CC(C)C[C@H](NC(=O)c1ccc(C(C)(C)C)cc1)C(=O)N1CCC2[C@H]1C(=O)CN2C(=O)c1ccccc1Cc1ccccc1. The number of benzene rings is 3. The number of hydrogen-bond donors (Lipinski definition) is 1. The van der Waals surface area contributed by atoms with Gasteiger partial charge < -0.3 is 15.1 Å². The zero-order chi connectivity index (χ0) is 31.6. The molecule has 0 radical (unpaired) electrons. The molecule has 7 nitrogen and oxygen atoms in total. The van der Waals surface area contributed by atoms with Crippen LogP contribution in [0, 0.1) is 5.92 Å². The summed E-state index contributed by atoms with van der Waals surface area (Å²) in [6.45, 7) is 10.7. The van der Waals surface area contributed by atoms with Gasteiger partial charge in [-0.1, -0.05) is 95.3 Å². The Balaban J connectivity index is 1.32. The standard InChI is InChI=1S/C37H43N3O4/c1-24(2)21-30(38-34(42)26-15-17-28(18-16-26)37(3,4)5)36(44)39-20-19-31-33(39)32(41)23-40(31)35(43)29-14-10-9-13-27(29)22-25-11-7-6-8-12-25/h6-18,24,30-31,33H,19-23H2,1-5H3,(H,38,42)/t30-,31?,33-/m0/s1. The Kier molecular flexibility index (Phi) is 9.05. The third kappa shape index (κ3) is 6.62. The zero-order valence-corrected chi connectivity index (χ0v) is 26.4. The summed E-state index contributed by atoms with van der Waals surface area (Å²) in [7, 11) is 0. The van der Waals surface area contributed by atoms with Crippen molar-refractivity contribution < 1.29 is 19.2 Å². The molecule has 0 aromatic heterocycles. The smallest absolute Gasteiger partial charge is 0.254 e. The first-order valence-corrected chi connectivity index (χ1v) is 15.6. The summed E-state index contributed by atoms with van der Waals surface area (Å²) >= 11 is 0. The maximum atomic E-state index is 14.0. The van der Waals surface area contributed by atoms with Gasteiger partial charge in [-0.15, -0.1) is 0 Å². The first kappa shape index (κ1) is 31.2. The lowest BCUT2D eigenvalue weighted by Crippen LogP contribution is -2.53. The van der Waals surface area contributed by atoms with Crippen molar-refractivity contribution in [3.8, 4) is 0 Å². The average Bonchev–Trinajstić information content (AvgIpc) is 3.57. The number of ketones is 1. The van der Waals surface area contributed by atoms with Crippen molar-refractivity contribution >= 4 is 23.5 Å². The summed E-state index contributed by atoms with van der Waals surface area (Å²) < 4.78 is 0. The molecule has 3 amide bonds. The molecule has 2 fully saturated rings. The maximum Gasteiger partial charge on any atom is 0.254 e. The van der Waals surface area contributed by atoms with Gasteiger partial charge in [-0.3, -0.25) is 19.2 Å².